The fourth-order valence-corrected chi connectivity index (χ4v) is 3.47. The molecule has 0 radical (unpaired) electrons. The summed E-state index contributed by atoms with van der Waals surface area (Å²) < 4.78 is 39.5. The summed E-state index contributed by atoms with van der Waals surface area (Å²) in [5.41, 5.74) is 3.53. The van der Waals surface area contributed by atoms with E-state index >= 15 is 0 Å². The summed E-state index contributed by atoms with van der Waals surface area (Å²) in [5, 5.41) is 7.54. The average molecular weight is 397 g/mol. The fourth-order valence-electron chi connectivity index (χ4n) is 2.21. The van der Waals surface area contributed by atoms with E-state index in [-0.39, 0.29) is 17.2 Å². The summed E-state index contributed by atoms with van der Waals surface area (Å²) in [7, 11) is 0. The number of hydrogen-bond acceptors (Lipinski definition) is 5. The van der Waals surface area contributed by atoms with E-state index in [1.807, 2.05) is 0 Å². The van der Waals surface area contributed by atoms with Crippen LogP contribution in [0.4, 0.5) is 18.9 Å². The highest BCUT2D eigenvalue weighted by atomic mass is 35.5. The molecule has 25 heavy (non-hydrogen) atoms. The maximum absolute atomic E-state index is 13.2. The fraction of sp³-hybridized carbons (Fsp3) is 0.357. The number of alkyl halides is 3. The number of carbonyl (C=O) groups is 3. The minimum Gasteiger partial charge on any atom is -0.480 e. The molecule has 0 aliphatic carbocycles. The lowest BCUT2D eigenvalue weighted by molar-refractivity contribution is -0.138. The molecule has 0 saturated carbocycles. The quantitative estimate of drug-likeness (QED) is 0.739. The first-order chi connectivity index (χ1) is 11.5. The number of imide groups is 1. The molecule has 1 aliphatic heterocycles. The van der Waals surface area contributed by atoms with Crippen LogP contribution in [0, 0.1) is 0 Å². The van der Waals surface area contributed by atoms with Crippen LogP contribution in [0.3, 0.4) is 0 Å². The number of thioether (sulfide) groups is 1. The maximum atomic E-state index is 13.2. The molecule has 1 aromatic rings. The minimum absolute atomic E-state index is 0.153. The molecule has 1 fully saturated rings. The van der Waals surface area contributed by atoms with Crippen molar-refractivity contribution in [2.24, 2.45) is 5.73 Å². The minimum atomic E-state index is -4.81. The zero-order chi connectivity index (χ0) is 18.9. The third-order valence-electron chi connectivity index (χ3n) is 3.40. The molecule has 6 nitrogen and oxygen atoms in total. The Kier molecular flexibility index (Phi) is 5.65. The third-order valence-corrected chi connectivity index (χ3v) is 4.96. The van der Waals surface area contributed by atoms with Crippen LogP contribution in [0.5, 0.6) is 0 Å². The average Bonchev–Trinajstić information content (AvgIpc) is 2.78. The van der Waals surface area contributed by atoms with Crippen LogP contribution in [0.25, 0.3) is 0 Å². The summed E-state index contributed by atoms with van der Waals surface area (Å²) in [5.74, 6) is -3.09. The summed E-state index contributed by atoms with van der Waals surface area (Å²) >= 11 is 6.41. The number of amides is 2. The zero-order valence-corrected chi connectivity index (χ0v) is 14.0. The van der Waals surface area contributed by atoms with Gasteiger partial charge in [0.25, 0.3) is 0 Å². The number of carbonyl (C=O) groups excluding carboxylic acids is 2. The number of halogens is 4. The maximum Gasteiger partial charge on any atom is 0.418 e. The van der Waals surface area contributed by atoms with Crippen LogP contribution in [0.1, 0.15) is 12.0 Å². The molecule has 3 N–H and O–H groups in total. The van der Waals surface area contributed by atoms with Gasteiger partial charge in [-0.25, -0.2) is 4.90 Å². The number of benzene rings is 1. The van der Waals surface area contributed by atoms with E-state index in [1.165, 1.54) is 0 Å². The van der Waals surface area contributed by atoms with E-state index in [0.717, 1.165) is 23.9 Å². The highest BCUT2D eigenvalue weighted by Gasteiger charge is 2.44. The van der Waals surface area contributed by atoms with E-state index in [1.54, 1.807) is 0 Å². The molecule has 1 saturated heterocycles. The van der Waals surface area contributed by atoms with Gasteiger partial charge in [-0.2, -0.15) is 13.2 Å². The Labute approximate surface area is 149 Å². The van der Waals surface area contributed by atoms with E-state index < -0.39 is 46.5 Å². The van der Waals surface area contributed by atoms with Gasteiger partial charge in [0.2, 0.25) is 11.8 Å². The van der Waals surface area contributed by atoms with Crippen LogP contribution < -0.4 is 10.6 Å². The molecule has 0 bridgehead atoms. The first-order valence-corrected chi connectivity index (χ1v) is 8.28. The molecule has 2 amide bonds. The highest BCUT2D eigenvalue weighted by molar-refractivity contribution is 8.00. The Morgan fingerprint density at radius 3 is 2.64 bits per heavy atom. The topological polar surface area (TPSA) is 101 Å². The molecular formula is C14H12ClF3N2O4S. The van der Waals surface area contributed by atoms with Gasteiger partial charge < -0.3 is 10.8 Å². The summed E-state index contributed by atoms with van der Waals surface area (Å²) in [6.07, 6.45) is -5.15. The van der Waals surface area contributed by atoms with Crippen molar-refractivity contribution in [1.82, 2.24) is 0 Å². The van der Waals surface area contributed by atoms with Crippen molar-refractivity contribution in [1.29, 1.82) is 0 Å². The normalized spacial score (nSPS) is 19.4. The number of hydrogen-bond donors (Lipinski definition) is 2. The molecule has 1 aliphatic rings. The van der Waals surface area contributed by atoms with Crippen molar-refractivity contribution in [2.45, 2.75) is 23.9 Å². The van der Waals surface area contributed by atoms with Crippen molar-refractivity contribution in [3.8, 4) is 0 Å². The Bertz CT molecular complexity index is 729. The second-order valence-electron chi connectivity index (χ2n) is 5.20. The molecule has 1 aromatic carbocycles. The van der Waals surface area contributed by atoms with Gasteiger partial charge in [0.15, 0.2) is 0 Å². The van der Waals surface area contributed by atoms with Crippen molar-refractivity contribution in [2.75, 3.05) is 10.7 Å². The van der Waals surface area contributed by atoms with Gasteiger partial charge in [-0.1, -0.05) is 11.6 Å². The summed E-state index contributed by atoms with van der Waals surface area (Å²) in [4.78, 5) is 35.6. The van der Waals surface area contributed by atoms with E-state index in [4.69, 9.17) is 22.4 Å². The van der Waals surface area contributed by atoms with Crippen LogP contribution >= 0.6 is 23.4 Å². The molecule has 2 rings (SSSR count). The number of anilines is 1. The van der Waals surface area contributed by atoms with Crippen molar-refractivity contribution in [3.05, 3.63) is 28.8 Å². The standard InChI is InChI=1S/C14H12ClF3N2O4S/c15-6-1-2-9(7(3-6)14(16,17)18)20-11(21)4-10(12(20)22)25-5-8(19)13(23)24/h1-3,8,10H,4-5,19H2,(H,23,24). The number of nitrogens with two attached hydrogens (primary N) is 1. The number of rotatable bonds is 5. The highest BCUT2D eigenvalue weighted by Crippen LogP contribution is 2.40. The second-order valence-corrected chi connectivity index (χ2v) is 6.87. The van der Waals surface area contributed by atoms with Crippen LogP contribution in [-0.2, 0) is 20.6 Å². The van der Waals surface area contributed by atoms with Gasteiger partial charge in [-0.3, -0.25) is 14.4 Å². The van der Waals surface area contributed by atoms with Crippen LogP contribution in [0.2, 0.25) is 5.02 Å². The summed E-state index contributed by atoms with van der Waals surface area (Å²) in [6, 6.07) is 1.49. The van der Waals surface area contributed by atoms with E-state index in [9.17, 15) is 27.6 Å². The van der Waals surface area contributed by atoms with Gasteiger partial charge >= 0.3 is 12.1 Å². The molecule has 2 unspecified atom stereocenters. The van der Waals surface area contributed by atoms with Gasteiger partial charge in [0.05, 0.1) is 16.5 Å². The molecule has 136 valence electrons. The first-order valence-electron chi connectivity index (χ1n) is 6.86. The molecule has 0 aromatic heterocycles. The largest absolute Gasteiger partial charge is 0.480 e. The van der Waals surface area contributed by atoms with Crippen molar-refractivity contribution >= 4 is 46.8 Å². The van der Waals surface area contributed by atoms with Crippen molar-refractivity contribution < 1.29 is 32.7 Å². The number of aliphatic carboxylic acids is 1. The zero-order valence-electron chi connectivity index (χ0n) is 12.4. The van der Waals surface area contributed by atoms with Crippen LogP contribution in [-0.4, -0.2) is 39.9 Å². The third kappa shape index (κ3) is 4.25. The Hall–Kier alpha value is -1.78. The lowest BCUT2D eigenvalue weighted by atomic mass is 10.1. The molecule has 0 spiro atoms. The summed E-state index contributed by atoms with van der Waals surface area (Å²) in [6.45, 7) is 0. The monoisotopic (exact) mass is 396 g/mol. The molecule has 1 heterocycles. The first kappa shape index (κ1) is 19.5. The Morgan fingerprint density at radius 2 is 2.08 bits per heavy atom. The van der Waals surface area contributed by atoms with Crippen molar-refractivity contribution in [3.63, 3.8) is 0 Å². The Morgan fingerprint density at radius 1 is 1.44 bits per heavy atom. The smallest absolute Gasteiger partial charge is 0.418 e. The predicted molar refractivity (Wildman–Crippen MR) is 85.4 cm³/mol. The van der Waals surface area contributed by atoms with Gasteiger partial charge in [-0.05, 0) is 18.2 Å². The Balaban J connectivity index is 2.28. The molecule has 2 atom stereocenters. The molecule has 11 heteroatoms. The number of carboxylic acids is 1. The lowest BCUT2D eigenvalue weighted by Gasteiger charge is -2.20. The molecular weight excluding hydrogens is 385 g/mol. The number of carboxylic acid groups (broad SMARTS) is 1. The SMILES string of the molecule is NC(CSC1CC(=O)N(c2ccc(Cl)cc2C(F)(F)F)C1=O)C(=O)O. The van der Waals surface area contributed by atoms with Gasteiger partial charge in [-0.15, -0.1) is 11.8 Å². The second kappa shape index (κ2) is 7.22. The van der Waals surface area contributed by atoms with Gasteiger partial charge in [0.1, 0.15) is 6.04 Å². The number of nitrogens with zero attached hydrogens (tertiary/aromatic N) is 1. The van der Waals surface area contributed by atoms with Crippen LogP contribution in [0.15, 0.2) is 18.2 Å². The van der Waals surface area contributed by atoms with E-state index in [0.29, 0.717) is 11.0 Å². The van der Waals surface area contributed by atoms with Gasteiger partial charge in [0, 0.05) is 17.2 Å². The lowest BCUT2D eigenvalue weighted by Crippen LogP contribution is -2.35. The van der Waals surface area contributed by atoms with E-state index in [2.05, 4.69) is 0 Å². The predicted octanol–water partition coefficient (Wildman–Crippen LogP) is 2.14.